The second-order valence-corrected chi connectivity index (χ2v) is 6.01. The van der Waals surface area contributed by atoms with Crippen LogP contribution in [0.5, 0.6) is 0 Å². The molecule has 108 valence electrons. The maximum absolute atomic E-state index is 13.1. The standard InChI is InChI=1S/C18H19NO2/c1-13-8-9-18(16(20)14-6-4-3-5-7-14)10-11-19(2)17(21)15(18)12-13/h3-8,10-11,15H,9,12H2,1-2H3/t15-,18+/m0/s1. The average Bonchev–Trinajstić information content (AvgIpc) is 2.52. The van der Waals surface area contributed by atoms with Gasteiger partial charge in [0.2, 0.25) is 5.91 Å². The molecule has 0 radical (unpaired) electrons. The Kier molecular flexibility index (Phi) is 3.28. The van der Waals surface area contributed by atoms with Gasteiger partial charge in [0.05, 0.1) is 11.3 Å². The molecule has 1 heterocycles. The van der Waals surface area contributed by atoms with Gasteiger partial charge in [0.15, 0.2) is 5.78 Å². The molecule has 3 nitrogen and oxygen atoms in total. The van der Waals surface area contributed by atoms with E-state index < -0.39 is 5.41 Å². The molecule has 21 heavy (non-hydrogen) atoms. The lowest BCUT2D eigenvalue weighted by atomic mass is 9.62. The fourth-order valence-electron chi connectivity index (χ4n) is 3.31. The zero-order chi connectivity index (χ0) is 15.0. The third-order valence-corrected chi connectivity index (χ3v) is 4.64. The van der Waals surface area contributed by atoms with E-state index >= 15 is 0 Å². The molecular weight excluding hydrogens is 262 g/mol. The lowest BCUT2D eigenvalue weighted by molar-refractivity contribution is -0.135. The van der Waals surface area contributed by atoms with E-state index in [2.05, 4.69) is 6.08 Å². The minimum atomic E-state index is -0.718. The topological polar surface area (TPSA) is 37.4 Å². The largest absolute Gasteiger partial charge is 0.322 e. The predicted molar refractivity (Wildman–Crippen MR) is 81.6 cm³/mol. The first-order valence-corrected chi connectivity index (χ1v) is 7.26. The molecule has 0 fully saturated rings. The normalized spacial score (nSPS) is 28.1. The van der Waals surface area contributed by atoms with E-state index in [4.69, 9.17) is 0 Å². The Morgan fingerprint density at radius 2 is 2.00 bits per heavy atom. The van der Waals surface area contributed by atoms with Crippen molar-refractivity contribution < 1.29 is 9.59 Å². The first kappa shape index (κ1) is 13.8. The quantitative estimate of drug-likeness (QED) is 0.616. The molecule has 0 aromatic heterocycles. The van der Waals surface area contributed by atoms with Crippen molar-refractivity contribution in [1.82, 2.24) is 4.90 Å². The Morgan fingerprint density at radius 1 is 1.29 bits per heavy atom. The Bertz CT molecular complexity index is 644. The van der Waals surface area contributed by atoms with Crippen LogP contribution in [0.4, 0.5) is 0 Å². The number of nitrogens with zero attached hydrogens (tertiary/aromatic N) is 1. The van der Waals surface area contributed by atoms with E-state index in [1.54, 1.807) is 18.1 Å². The smallest absolute Gasteiger partial charge is 0.231 e. The highest BCUT2D eigenvalue weighted by molar-refractivity contribution is 6.05. The number of hydrogen-bond donors (Lipinski definition) is 0. The summed E-state index contributed by atoms with van der Waals surface area (Å²) < 4.78 is 0. The molecule has 2 aliphatic rings. The Balaban J connectivity index is 2.09. The molecule has 1 aromatic carbocycles. The van der Waals surface area contributed by atoms with E-state index in [0.717, 1.165) is 0 Å². The van der Waals surface area contributed by atoms with Crippen molar-refractivity contribution in [2.24, 2.45) is 11.3 Å². The van der Waals surface area contributed by atoms with Gasteiger partial charge in [0.1, 0.15) is 0 Å². The number of fused-ring (bicyclic) bond motifs is 1. The molecule has 2 atom stereocenters. The number of ketones is 1. The van der Waals surface area contributed by atoms with Gasteiger partial charge in [-0.3, -0.25) is 9.59 Å². The van der Waals surface area contributed by atoms with Crippen LogP contribution in [-0.2, 0) is 4.79 Å². The van der Waals surface area contributed by atoms with Gasteiger partial charge < -0.3 is 4.90 Å². The van der Waals surface area contributed by atoms with E-state index in [-0.39, 0.29) is 17.6 Å². The summed E-state index contributed by atoms with van der Waals surface area (Å²) in [5.41, 5.74) is 1.15. The molecule has 0 spiro atoms. The zero-order valence-corrected chi connectivity index (χ0v) is 12.4. The van der Waals surface area contributed by atoms with Gasteiger partial charge >= 0.3 is 0 Å². The summed E-state index contributed by atoms with van der Waals surface area (Å²) in [7, 11) is 1.75. The molecular formula is C18H19NO2. The number of carbonyl (C=O) groups excluding carboxylic acids is 2. The molecule has 3 heteroatoms. The number of benzene rings is 1. The first-order chi connectivity index (χ1) is 10.0. The monoisotopic (exact) mass is 281 g/mol. The van der Waals surface area contributed by atoms with Crippen molar-refractivity contribution in [2.45, 2.75) is 19.8 Å². The lowest BCUT2D eigenvalue weighted by Crippen LogP contribution is -2.49. The third kappa shape index (κ3) is 2.13. The highest BCUT2D eigenvalue weighted by atomic mass is 16.2. The number of allylic oxidation sites excluding steroid dienone is 3. The maximum atomic E-state index is 13.1. The van der Waals surface area contributed by atoms with E-state index in [0.29, 0.717) is 18.4 Å². The Labute approximate surface area is 125 Å². The second-order valence-electron chi connectivity index (χ2n) is 6.01. The molecule has 0 saturated carbocycles. The maximum Gasteiger partial charge on any atom is 0.231 e. The van der Waals surface area contributed by atoms with Gasteiger partial charge in [-0.25, -0.2) is 0 Å². The summed E-state index contributed by atoms with van der Waals surface area (Å²) in [4.78, 5) is 27.2. The highest BCUT2D eigenvalue weighted by Crippen LogP contribution is 2.47. The van der Waals surface area contributed by atoms with E-state index in [1.807, 2.05) is 43.3 Å². The number of amides is 1. The van der Waals surface area contributed by atoms with Gasteiger partial charge in [-0.1, -0.05) is 48.1 Å². The van der Waals surface area contributed by atoms with Crippen molar-refractivity contribution in [3.63, 3.8) is 0 Å². The molecule has 1 aliphatic carbocycles. The lowest BCUT2D eigenvalue weighted by Gasteiger charge is -2.43. The van der Waals surface area contributed by atoms with Crippen LogP contribution in [0.15, 0.2) is 54.3 Å². The van der Waals surface area contributed by atoms with Crippen molar-refractivity contribution >= 4 is 11.7 Å². The fraction of sp³-hybridized carbons (Fsp3) is 0.333. The van der Waals surface area contributed by atoms with Crippen LogP contribution in [0, 0.1) is 11.3 Å². The van der Waals surface area contributed by atoms with Crippen LogP contribution in [0.3, 0.4) is 0 Å². The van der Waals surface area contributed by atoms with Crippen molar-refractivity contribution in [2.75, 3.05) is 7.05 Å². The Hall–Kier alpha value is -2.16. The van der Waals surface area contributed by atoms with Crippen LogP contribution < -0.4 is 0 Å². The molecule has 0 saturated heterocycles. The number of Topliss-reactive ketones (excluding diaryl/α,β-unsaturated/α-hetero) is 1. The van der Waals surface area contributed by atoms with Crippen LogP contribution in [-0.4, -0.2) is 23.6 Å². The third-order valence-electron chi connectivity index (χ3n) is 4.64. The van der Waals surface area contributed by atoms with Gasteiger partial charge in [-0.05, 0) is 19.8 Å². The molecule has 1 amide bonds. The van der Waals surface area contributed by atoms with Gasteiger partial charge in [0.25, 0.3) is 0 Å². The molecule has 1 aliphatic heterocycles. The molecule has 1 aromatic rings. The van der Waals surface area contributed by atoms with Crippen molar-refractivity contribution in [3.8, 4) is 0 Å². The van der Waals surface area contributed by atoms with Crippen LogP contribution >= 0.6 is 0 Å². The molecule has 0 bridgehead atoms. The van der Waals surface area contributed by atoms with Crippen molar-refractivity contribution in [1.29, 1.82) is 0 Å². The van der Waals surface area contributed by atoms with Crippen LogP contribution in [0.1, 0.15) is 30.1 Å². The fourth-order valence-corrected chi connectivity index (χ4v) is 3.31. The minimum absolute atomic E-state index is 0.0363. The first-order valence-electron chi connectivity index (χ1n) is 7.26. The molecule has 0 unspecified atom stereocenters. The summed E-state index contributed by atoms with van der Waals surface area (Å²) in [6.07, 6.45) is 7.03. The van der Waals surface area contributed by atoms with Crippen LogP contribution in [0.2, 0.25) is 0 Å². The zero-order valence-electron chi connectivity index (χ0n) is 12.4. The Morgan fingerprint density at radius 3 is 2.71 bits per heavy atom. The minimum Gasteiger partial charge on any atom is -0.322 e. The van der Waals surface area contributed by atoms with Gasteiger partial charge in [-0.15, -0.1) is 0 Å². The highest BCUT2D eigenvalue weighted by Gasteiger charge is 2.50. The van der Waals surface area contributed by atoms with Gasteiger partial charge in [0, 0.05) is 18.8 Å². The van der Waals surface area contributed by atoms with Crippen molar-refractivity contribution in [3.05, 3.63) is 59.8 Å². The summed E-state index contributed by atoms with van der Waals surface area (Å²) >= 11 is 0. The second kappa shape index (κ2) is 4.99. The average molecular weight is 281 g/mol. The predicted octanol–water partition coefficient (Wildman–Crippen LogP) is 3.20. The number of carbonyl (C=O) groups is 2. The summed E-state index contributed by atoms with van der Waals surface area (Å²) in [6.45, 7) is 2.03. The SMILES string of the molecule is CC1=CC[C@@]2(C(=O)c3ccccc3)C=CN(C)C(=O)[C@@H]2C1. The van der Waals surface area contributed by atoms with Gasteiger partial charge in [-0.2, -0.15) is 0 Å². The summed E-state index contributed by atoms with van der Waals surface area (Å²) in [5.74, 6) is -0.200. The number of rotatable bonds is 2. The number of hydrogen-bond acceptors (Lipinski definition) is 2. The van der Waals surface area contributed by atoms with Crippen LogP contribution in [0.25, 0.3) is 0 Å². The van der Waals surface area contributed by atoms with E-state index in [9.17, 15) is 9.59 Å². The van der Waals surface area contributed by atoms with E-state index in [1.165, 1.54) is 5.57 Å². The molecule has 0 N–H and O–H groups in total. The summed E-state index contributed by atoms with van der Waals surface area (Å²) in [6, 6.07) is 9.28. The molecule has 3 rings (SSSR count). The summed E-state index contributed by atoms with van der Waals surface area (Å²) in [5, 5.41) is 0.